The molecule has 3 aromatic rings. The van der Waals surface area contributed by atoms with Crippen molar-refractivity contribution >= 4 is 22.9 Å². The molecule has 2 N–H and O–H groups in total. The average molecular weight is 407 g/mol. The summed E-state index contributed by atoms with van der Waals surface area (Å²) in [5, 5.41) is 9.23. The summed E-state index contributed by atoms with van der Waals surface area (Å²) in [6.07, 6.45) is 1.01. The molecule has 1 aromatic heterocycles. The maximum absolute atomic E-state index is 12.7. The number of ether oxygens (including phenoxy) is 1. The Morgan fingerprint density at radius 1 is 1.03 bits per heavy atom. The van der Waals surface area contributed by atoms with Crippen molar-refractivity contribution in [1.29, 1.82) is 5.41 Å². The predicted molar refractivity (Wildman–Crippen MR) is 122 cm³/mol. The number of carbonyl (C=O) groups is 1. The summed E-state index contributed by atoms with van der Waals surface area (Å²) in [4.78, 5) is 20.1. The normalized spacial score (nSPS) is 11.1. The second-order valence-electron chi connectivity index (χ2n) is 7.58. The largest absolute Gasteiger partial charge is 0.392 e. The van der Waals surface area contributed by atoms with Gasteiger partial charge in [0.05, 0.1) is 12.1 Å². The van der Waals surface area contributed by atoms with E-state index in [4.69, 9.17) is 10.1 Å². The third kappa shape index (κ3) is 5.27. The minimum absolute atomic E-state index is 0.0811. The fourth-order valence-electron chi connectivity index (χ4n) is 3.57. The highest BCUT2D eigenvalue weighted by Gasteiger charge is 2.19. The highest BCUT2D eigenvalue weighted by atomic mass is 16.6. The van der Waals surface area contributed by atoms with E-state index in [0.717, 1.165) is 40.7 Å². The highest BCUT2D eigenvalue weighted by molar-refractivity contribution is 5.96. The van der Waals surface area contributed by atoms with Gasteiger partial charge in [-0.3, -0.25) is 10.2 Å². The van der Waals surface area contributed by atoms with Gasteiger partial charge in [-0.1, -0.05) is 48.5 Å². The number of nitrogens with zero attached hydrogens (tertiary/aromatic N) is 2. The Hall–Kier alpha value is -3.12. The first kappa shape index (κ1) is 21.6. The van der Waals surface area contributed by atoms with Crippen molar-refractivity contribution in [2.45, 2.75) is 19.8 Å². The fourth-order valence-corrected chi connectivity index (χ4v) is 3.57. The second kappa shape index (κ2) is 10.1. The molecule has 0 unspecified atom stereocenters. The van der Waals surface area contributed by atoms with Crippen molar-refractivity contribution in [3.05, 3.63) is 60.2 Å². The van der Waals surface area contributed by atoms with Crippen LogP contribution >= 0.6 is 0 Å². The summed E-state index contributed by atoms with van der Waals surface area (Å²) in [5.74, 6) is -0.423. The van der Waals surface area contributed by atoms with Crippen LogP contribution in [-0.2, 0) is 16.0 Å². The van der Waals surface area contributed by atoms with Gasteiger partial charge in [0.2, 0.25) is 0 Å². The molecule has 3 rings (SSSR count). The third-order valence-electron chi connectivity index (χ3n) is 5.11. The van der Waals surface area contributed by atoms with Gasteiger partial charge in [0.25, 0.3) is 6.02 Å². The molecular weight excluding hydrogens is 376 g/mol. The van der Waals surface area contributed by atoms with E-state index in [1.165, 1.54) is 0 Å². The van der Waals surface area contributed by atoms with E-state index in [1.807, 2.05) is 75.6 Å². The van der Waals surface area contributed by atoms with Crippen LogP contribution in [0.3, 0.4) is 0 Å². The molecule has 158 valence electrons. The number of hydrogen-bond acceptors (Lipinski definition) is 4. The van der Waals surface area contributed by atoms with Crippen molar-refractivity contribution in [2.75, 3.05) is 33.7 Å². The number of fused-ring (bicyclic) bond motifs is 1. The van der Waals surface area contributed by atoms with Crippen LogP contribution in [0.1, 0.15) is 18.9 Å². The Morgan fingerprint density at radius 3 is 2.43 bits per heavy atom. The zero-order valence-corrected chi connectivity index (χ0v) is 17.9. The molecule has 0 saturated heterocycles. The predicted octanol–water partition coefficient (Wildman–Crippen LogP) is 4.13. The molecule has 0 saturated carbocycles. The zero-order chi connectivity index (χ0) is 21.5. The number of esters is 1. The van der Waals surface area contributed by atoms with Crippen molar-refractivity contribution in [2.24, 2.45) is 0 Å². The number of H-pyrrole nitrogens is 1. The molecule has 6 nitrogen and oxygen atoms in total. The Kier molecular flexibility index (Phi) is 7.25. The molecule has 1 heterocycles. The van der Waals surface area contributed by atoms with E-state index in [0.29, 0.717) is 13.1 Å². The summed E-state index contributed by atoms with van der Waals surface area (Å²) in [5.41, 5.74) is 3.81. The lowest BCUT2D eigenvalue weighted by Crippen LogP contribution is -2.35. The summed E-state index contributed by atoms with van der Waals surface area (Å²) in [6.45, 7) is 4.20. The van der Waals surface area contributed by atoms with Crippen LogP contribution < -0.4 is 0 Å². The Balaban J connectivity index is 1.75. The lowest BCUT2D eigenvalue weighted by Gasteiger charge is -2.23. The number of nitrogens with one attached hydrogen (secondary N) is 2. The summed E-state index contributed by atoms with van der Waals surface area (Å²) in [6, 6.07) is 17.8. The van der Waals surface area contributed by atoms with Crippen LogP contribution in [0.2, 0.25) is 0 Å². The molecule has 0 fully saturated rings. The number of amidine groups is 1. The Labute approximate surface area is 178 Å². The topological polar surface area (TPSA) is 72.4 Å². The van der Waals surface area contributed by atoms with Crippen molar-refractivity contribution in [3.8, 4) is 11.3 Å². The molecule has 0 amide bonds. The SMILES string of the molecule is CCN(CCCN(C)C)C(=N)OC(=O)Cc1c(-c2ccccc2)[nH]c2ccccc12. The number of aromatic amines is 1. The Bertz CT molecular complexity index is 995. The molecule has 0 spiro atoms. The molecule has 6 heteroatoms. The van der Waals surface area contributed by atoms with Gasteiger partial charge < -0.3 is 19.5 Å². The fraction of sp³-hybridized carbons (Fsp3) is 0.333. The van der Waals surface area contributed by atoms with Crippen LogP contribution in [0.5, 0.6) is 0 Å². The highest BCUT2D eigenvalue weighted by Crippen LogP contribution is 2.30. The van der Waals surface area contributed by atoms with Gasteiger partial charge >= 0.3 is 5.97 Å². The maximum atomic E-state index is 12.7. The number of aromatic nitrogens is 1. The summed E-state index contributed by atoms with van der Waals surface area (Å²) < 4.78 is 5.42. The average Bonchev–Trinajstić information content (AvgIpc) is 3.10. The zero-order valence-electron chi connectivity index (χ0n) is 17.9. The molecule has 2 aromatic carbocycles. The van der Waals surface area contributed by atoms with Crippen LogP contribution in [0, 0.1) is 5.41 Å². The van der Waals surface area contributed by atoms with Crippen molar-refractivity contribution in [3.63, 3.8) is 0 Å². The van der Waals surface area contributed by atoms with Crippen molar-refractivity contribution in [1.82, 2.24) is 14.8 Å². The van der Waals surface area contributed by atoms with E-state index in [-0.39, 0.29) is 12.4 Å². The van der Waals surface area contributed by atoms with Crippen LogP contribution in [0.15, 0.2) is 54.6 Å². The second-order valence-corrected chi connectivity index (χ2v) is 7.58. The summed E-state index contributed by atoms with van der Waals surface area (Å²) >= 11 is 0. The maximum Gasteiger partial charge on any atom is 0.318 e. The first-order chi connectivity index (χ1) is 14.5. The minimum Gasteiger partial charge on any atom is -0.392 e. The number of para-hydroxylation sites is 1. The van der Waals surface area contributed by atoms with Crippen LogP contribution in [0.25, 0.3) is 22.2 Å². The van der Waals surface area contributed by atoms with E-state index in [9.17, 15) is 4.79 Å². The smallest absolute Gasteiger partial charge is 0.318 e. The molecule has 0 aliphatic carbocycles. The van der Waals surface area contributed by atoms with Gasteiger partial charge in [-0.15, -0.1) is 0 Å². The van der Waals surface area contributed by atoms with E-state index in [1.54, 1.807) is 4.90 Å². The third-order valence-corrected chi connectivity index (χ3v) is 5.11. The number of benzene rings is 2. The first-order valence-corrected chi connectivity index (χ1v) is 10.3. The molecule has 0 bridgehead atoms. The van der Waals surface area contributed by atoms with Crippen molar-refractivity contribution < 1.29 is 9.53 Å². The first-order valence-electron chi connectivity index (χ1n) is 10.3. The molecule has 0 aliphatic heterocycles. The van der Waals surface area contributed by atoms with Gasteiger partial charge in [-0.25, -0.2) is 0 Å². The lowest BCUT2D eigenvalue weighted by molar-refractivity contribution is -0.135. The lowest BCUT2D eigenvalue weighted by atomic mass is 10.0. The quantitative estimate of drug-likeness (QED) is 0.335. The molecule has 0 radical (unpaired) electrons. The van der Waals surface area contributed by atoms with Crippen LogP contribution in [0.4, 0.5) is 0 Å². The Morgan fingerprint density at radius 2 is 1.73 bits per heavy atom. The van der Waals surface area contributed by atoms with E-state index >= 15 is 0 Å². The van der Waals surface area contributed by atoms with Crippen LogP contribution in [-0.4, -0.2) is 60.5 Å². The molecular formula is C24H30N4O2. The monoisotopic (exact) mass is 406 g/mol. The standard InChI is InChI=1S/C24H30N4O2/c1-4-28(16-10-15-27(2)3)24(25)30-22(29)17-20-19-13-8-9-14-21(19)26-23(20)18-11-6-5-7-12-18/h5-9,11-14,25-26H,4,10,15-17H2,1-3H3. The van der Waals surface area contributed by atoms with E-state index in [2.05, 4.69) is 9.88 Å². The minimum atomic E-state index is -0.423. The van der Waals surface area contributed by atoms with Gasteiger partial charge in [0, 0.05) is 24.0 Å². The number of rotatable bonds is 8. The molecule has 0 aliphatic rings. The van der Waals surface area contributed by atoms with Gasteiger partial charge in [0.1, 0.15) is 0 Å². The van der Waals surface area contributed by atoms with Gasteiger partial charge in [-0.2, -0.15) is 0 Å². The summed E-state index contributed by atoms with van der Waals surface area (Å²) in [7, 11) is 4.04. The molecule has 0 atom stereocenters. The van der Waals surface area contributed by atoms with Gasteiger partial charge in [0.15, 0.2) is 0 Å². The van der Waals surface area contributed by atoms with E-state index < -0.39 is 5.97 Å². The van der Waals surface area contributed by atoms with Gasteiger partial charge in [-0.05, 0) is 51.2 Å². The number of hydrogen-bond donors (Lipinski definition) is 2. The number of carbonyl (C=O) groups excluding carboxylic acids is 1. The molecule has 30 heavy (non-hydrogen) atoms.